The van der Waals surface area contributed by atoms with Gasteiger partial charge in [-0.2, -0.15) is 5.26 Å². The minimum Gasteiger partial charge on any atom is -0.333 e. The molecule has 0 aliphatic heterocycles. The Morgan fingerprint density at radius 3 is 2.50 bits per heavy atom. The van der Waals surface area contributed by atoms with Crippen molar-refractivity contribution in [3.63, 3.8) is 0 Å². The van der Waals surface area contributed by atoms with Crippen LogP contribution in [0.1, 0.15) is 11.1 Å². The predicted octanol–water partition coefficient (Wildman–Crippen LogP) is 4.65. The van der Waals surface area contributed by atoms with Gasteiger partial charge < -0.3 is 5.32 Å². The molecule has 0 radical (unpaired) electrons. The summed E-state index contributed by atoms with van der Waals surface area (Å²) in [7, 11) is 0. The molecule has 0 fully saturated rings. The number of anilines is 2. The van der Waals surface area contributed by atoms with E-state index < -0.39 is 0 Å². The summed E-state index contributed by atoms with van der Waals surface area (Å²) >= 11 is 5.88. The number of hydrogen-bond donors (Lipinski definition) is 1. The summed E-state index contributed by atoms with van der Waals surface area (Å²) < 4.78 is 0. The predicted molar refractivity (Wildman–Crippen MR) is 101 cm³/mol. The summed E-state index contributed by atoms with van der Waals surface area (Å²) in [5.74, 6) is 0.287. The number of urea groups is 1. The lowest BCUT2D eigenvalue weighted by Crippen LogP contribution is -2.37. The molecule has 1 N–H and O–H groups in total. The summed E-state index contributed by atoms with van der Waals surface area (Å²) in [6.07, 6.45) is 1.55. The zero-order chi connectivity index (χ0) is 18.4. The molecule has 6 heteroatoms. The van der Waals surface area contributed by atoms with E-state index in [1.54, 1.807) is 42.6 Å². The fraction of sp³-hybridized carbons (Fsp3) is 0.0500. The minimum absolute atomic E-state index is 0.287. The third-order valence-corrected chi connectivity index (χ3v) is 3.95. The van der Waals surface area contributed by atoms with Crippen LogP contribution in [-0.2, 0) is 6.54 Å². The monoisotopic (exact) mass is 362 g/mol. The quantitative estimate of drug-likeness (QED) is 0.734. The number of nitriles is 1. The molecule has 0 aliphatic carbocycles. The maximum Gasteiger partial charge on any atom is 0.328 e. The van der Waals surface area contributed by atoms with E-state index in [0.717, 1.165) is 5.56 Å². The normalized spacial score (nSPS) is 10.0. The van der Waals surface area contributed by atoms with E-state index in [9.17, 15) is 10.1 Å². The second kappa shape index (κ2) is 8.15. The number of nitrogens with one attached hydrogen (secondary N) is 1. The van der Waals surface area contributed by atoms with Crippen LogP contribution in [-0.4, -0.2) is 11.0 Å². The molecule has 0 spiro atoms. The molecule has 0 unspecified atom stereocenters. The number of benzene rings is 2. The van der Waals surface area contributed by atoms with E-state index in [-0.39, 0.29) is 11.8 Å². The van der Waals surface area contributed by atoms with Gasteiger partial charge in [0, 0.05) is 17.8 Å². The molecular formula is C20H15ClN4O. The van der Waals surface area contributed by atoms with Crippen molar-refractivity contribution in [1.29, 1.82) is 5.26 Å². The van der Waals surface area contributed by atoms with Crippen LogP contribution < -0.4 is 10.2 Å². The summed E-state index contributed by atoms with van der Waals surface area (Å²) in [6, 6.07) is 21.3. The van der Waals surface area contributed by atoms with E-state index in [1.807, 2.05) is 30.3 Å². The highest BCUT2D eigenvalue weighted by Gasteiger charge is 2.21. The first-order valence-electron chi connectivity index (χ1n) is 7.91. The molecule has 1 heterocycles. The van der Waals surface area contributed by atoms with Crippen molar-refractivity contribution in [3.05, 3.63) is 89.1 Å². The Hall–Kier alpha value is -3.36. The Kier molecular flexibility index (Phi) is 5.47. The molecule has 3 rings (SSSR count). The highest BCUT2D eigenvalue weighted by molar-refractivity contribution is 6.30. The lowest BCUT2D eigenvalue weighted by molar-refractivity contribution is 0.248. The van der Waals surface area contributed by atoms with Gasteiger partial charge in [0.2, 0.25) is 0 Å². The van der Waals surface area contributed by atoms with Crippen LogP contribution in [0.25, 0.3) is 0 Å². The molecule has 128 valence electrons. The first kappa shape index (κ1) is 17.5. The van der Waals surface area contributed by atoms with Crippen LogP contribution in [0.4, 0.5) is 16.3 Å². The molecule has 0 saturated heterocycles. The van der Waals surface area contributed by atoms with E-state index in [0.29, 0.717) is 22.8 Å². The van der Waals surface area contributed by atoms with E-state index in [4.69, 9.17) is 11.6 Å². The number of hydrogen-bond acceptors (Lipinski definition) is 3. The molecule has 0 saturated carbocycles. The standard InChI is InChI=1S/C20H15ClN4O/c21-17-10-8-15(9-11-17)14-24-20(26)25(18-6-2-1-3-7-18)19-16(13-22)5-4-12-23-19/h1-12H,14H2,(H,24,26). The van der Waals surface area contributed by atoms with Gasteiger partial charge in [-0.25, -0.2) is 14.7 Å². The van der Waals surface area contributed by atoms with Crippen molar-refractivity contribution >= 4 is 29.1 Å². The summed E-state index contributed by atoms with van der Waals surface area (Å²) in [4.78, 5) is 18.5. The Morgan fingerprint density at radius 1 is 1.08 bits per heavy atom. The lowest BCUT2D eigenvalue weighted by atomic mass is 10.2. The zero-order valence-corrected chi connectivity index (χ0v) is 14.5. The third-order valence-electron chi connectivity index (χ3n) is 3.69. The second-order valence-corrected chi connectivity index (χ2v) is 5.88. The molecule has 0 bridgehead atoms. The van der Waals surface area contributed by atoms with E-state index in [2.05, 4.69) is 16.4 Å². The number of carbonyl (C=O) groups is 1. The van der Waals surface area contributed by atoms with E-state index >= 15 is 0 Å². The third kappa shape index (κ3) is 4.00. The molecule has 0 aliphatic rings. The van der Waals surface area contributed by atoms with E-state index in [1.165, 1.54) is 4.90 Å². The number of pyridine rings is 1. The van der Waals surface area contributed by atoms with Gasteiger partial charge in [-0.3, -0.25) is 0 Å². The van der Waals surface area contributed by atoms with Crippen molar-refractivity contribution in [2.45, 2.75) is 6.54 Å². The van der Waals surface area contributed by atoms with Crippen LogP contribution >= 0.6 is 11.6 Å². The van der Waals surface area contributed by atoms with Gasteiger partial charge >= 0.3 is 6.03 Å². The Bertz CT molecular complexity index is 936. The summed E-state index contributed by atoms with van der Waals surface area (Å²) in [5, 5.41) is 12.9. The SMILES string of the molecule is N#Cc1cccnc1N(C(=O)NCc1ccc(Cl)cc1)c1ccccc1. The molecule has 2 aromatic carbocycles. The fourth-order valence-electron chi connectivity index (χ4n) is 2.43. The fourth-order valence-corrected chi connectivity index (χ4v) is 2.56. The number of carbonyl (C=O) groups excluding carboxylic acids is 1. The van der Waals surface area contributed by atoms with Gasteiger partial charge in [0.05, 0.1) is 11.3 Å². The molecule has 0 atom stereocenters. The van der Waals surface area contributed by atoms with Crippen molar-refractivity contribution in [2.75, 3.05) is 4.90 Å². The van der Waals surface area contributed by atoms with Gasteiger partial charge in [-0.1, -0.05) is 41.9 Å². The number of rotatable bonds is 4. The Morgan fingerprint density at radius 2 is 1.81 bits per heavy atom. The van der Waals surface area contributed by atoms with Crippen LogP contribution in [0, 0.1) is 11.3 Å². The lowest BCUT2D eigenvalue weighted by Gasteiger charge is -2.23. The van der Waals surface area contributed by atoms with Gasteiger partial charge in [0.15, 0.2) is 5.82 Å². The molecule has 3 aromatic rings. The van der Waals surface area contributed by atoms with Crippen LogP contribution in [0.15, 0.2) is 72.9 Å². The zero-order valence-electron chi connectivity index (χ0n) is 13.8. The maximum atomic E-state index is 12.9. The Labute approximate surface area is 156 Å². The topological polar surface area (TPSA) is 69.0 Å². The van der Waals surface area contributed by atoms with Gasteiger partial charge in [0.1, 0.15) is 6.07 Å². The Balaban J connectivity index is 1.89. The number of aromatic nitrogens is 1. The van der Waals surface area contributed by atoms with Crippen molar-refractivity contribution in [2.24, 2.45) is 0 Å². The van der Waals surface area contributed by atoms with Gasteiger partial charge in [0.25, 0.3) is 0 Å². The molecule has 5 nitrogen and oxygen atoms in total. The molecule has 1 aromatic heterocycles. The average Bonchev–Trinajstić information content (AvgIpc) is 2.69. The number of nitrogens with zero attached hydrogens (tertiary/aromatic N) is 3. The van der Waals surface area contributed by atoms with Gasteiger partial charge in [-0.15, -0.1) is 0 Å². The van der Waals surface area contributed by atoms with Crippen LogP contribution in [0.5, 0.6) is 0 Å². The summed E-state index contributed by atoms with van der Waals surface area (Å²) in [5.41, 5.74) is 1.85. The first-order chi connectivity index (χ1) is 12.7. The largest absolute Gasteiger partial charge is 0.333 e. The molecular weight excluding hydrogens is 348 g/mol. The summed E-state index contributed by atoms with van der Waals surface area (Å²) in [6.45, 7) is 0.327. The first-order valence-corrected chi connectivity index (χ1v) is 8.29. The number of amides is 2. The van der Waals surface area contributed by atoms with Crippen LogP contribution in [0.2, 0.25) is 5.02 Å². The smallest absolute Gasteiger partial charge is 0.328 e. The average molecular weight is 363 g/mol. The van der Waals surface area contributed by atoms with Crippen molar-refractivity contribution in [1.82, 2.24) is 10.3 Å². The number of halogens is 1. The highest BCUT2D eigenvalue weighted by Crippen LogP contribution is 2.26. The second-order valence-electron chi connectivity index (χ2n) is 5.44. The van der Waals surface area contributed by atoms with Crippen LogP contribution in [0.3, 0.4) is 0 Å². The minimum atomic E-state index is -0.374. The van der Waals surface area contributed by atoms with Crippen molar-refractivity contribution < 1.29 is 4.79 Å². The molecule has 26 heavy (non-hydrogen) atoms. The van der Waals surface area contributed by atoms with Crippen molar-refractivity contribution in [3.8, 4) is 6.07 Å². The number of para-hydroxylation sites is 1. The highest BCUT2D eigenvalue weighted by atomic mass is 35.5. The van der Waals surface area contributed by atoms with Gasteiger partial charge in [-0.05, 0) is 42.0 Å². The molecule has 2 amide bonds. The maximum absolute atomic E-state index is 12.9.